The second-order valence-corrected chi connectivity index (χ2v) is 6.61. The van der Waals surface area contributed by atoms with Crippen LogP contribution in [0.2, 0.25) is 0 Å². The summed E-state index contributed by atoms with van der Waals surface area (Å²) in [5, 5.41) is 9.71. The maximum Gasteiger partial charge on any atom is 0.128 e. The molecule has 0 saturated carbocycles. The fourth-order valence-electron chi connectivity index (χ4n) is 3.04. The van der Waals surface area contributed by atoms with Crippen LogP contribution in [0.3, 0.4) is 0 Å². The molecule has 2 atom stereocenters. The van der Waals surface area contributed by atoms with Crippen molar-refractivity contribution in [2.24, 2.45) is 0 Å². The summed E-state index contributed by atoms with van der Waals surface area (Å²) in [4.78, 5) is 0. The minimum atomic E-state index is -0.383. The van der Waals surface area contributed by atoms with Gasteiger partial charge in [-0.05, 0) is 47.7 Å². The maximum absolute atomic E-state index is 9.71. The third kappa shape index (κ3) is 4.74. The van der Waals surface area contributed by atoms with E-state index in [0.29, 0.717) is 6.42 Å². The van der Waals surface area contributed by atoms with Crippen molar-refractivity contribution >= 4 is 0 Å². The fourth-order valence-corrected chi connectivity index (χ4v) is 3.04. The second kappa shape index (κ2) is 8.68. The fraction of sp³-hybridized carbons (Fsp3) is 0.250. The Balaban J connectivity index is 2.00. The number of hydrogen-bond acceptors (Lipinski definition) is 2. The number of ether oxygens (including phenoxy) is 1. The van der Waals surface area contributed by atoms with Crippen molar-refractivity contribution in [2.45, 2.75) is 38.9 Å². The van der Waals surface area contributed by atoms with Crippen molar-refractivity contribution in [3.8, 4) is 28.0 Å². The first-order chi connectivity index (χ1) is 12.7. The van der Waals surface area contributed by atoms with Crippen molar-refractivity contribution in [3.63, 3.8) is 0 Å². The van der Waals surface area contributed by atoms with Gasteiger partial charge in [-0.15, -0.1) is 0 Å². The van der Waals surface area contributed by atoms with Gasteiger partial charge in [-0.2, -0.15) is 0 Å². The van der Waals surface area contributed by atoms with Gasteiger partial charge >= 0.3 is 0 Å². The zero-order valence-electron chi connectivity index (χ0n) is 15.4. The van der Waals surface area contributed by atoms with E-state index in [9.17, 15) is 5.11 Å². The van der Waals surface area contributed by atoms with E-state index in [2.05, 4.69) is 43.3 Å². The van der Waals surface area contributed by atoms with Crippen LogP contribution in [0.5, 0.6) is 5.75 Å². The first-order valence-electron chi connectivity index (χ1n) is 9.18. The zero-order chi connectivity index (χ0) is 18.4. The van der Waals surface area contributed by atoms with Crippen LogP contribution >= 0.6 is 0 Å². The summed E-state index contributed by atoms with van der Waals surface area (Å²) in [5.41, 5.74) is 4.37. The van der Waals surface area contributed by atoms with E-state index in [1.165, 1.54) is 0 Å². The third-order valence-corrected chi connectivity index (χ3v) is 4.39. The molecule has 2 unspecified atom stereocenters. The van der Waals surface area contributed by atoms with E-state index in [1.54, 1.807) is 6.92 Å². The summed E-state index contributed by atoms with van der Waals surface area (Å²) in [7, 11) is 0. The van der Waals surface area contributed by atoms with Crippen LogP contribution in [0.15, 0.2) is 72.8 Å². The molecule has 0 heterocycles. The van der Waals surface area contributed by atoms with Gasteiger partial charge in [0.15, 0.2) is 0 Å². The molecule has 0 aliphatic carbocycles. The topological polar surface area (TPSA) is 29.5 Å². The lowest BCUT2D eigenvalue weighted by molar-refractivity contribution is 0.103. The van der Waals surface area contributed by atoms with Gasteiger partial charge in [0.25, 0.3) is 0 Å². The van der Waals surface area contributed by atoms with Gasteiger partial charge in [0, 0.05) is 12.5 Å². The molecular weight excluding hydrogens is 320 g/mol. The molecule has 3 aromatic carbocycles. The Morgan fingerprint density at radius 3 is 2.08 bits per heavy atom. The molecule has 0 bridgehead atoms. The van der Waals surface area contributed by atoms with Crippen molar-refractivity contribution in [3.05, 3.63) is 78.9 Å². The van der Waals surface area contributed by atoms with Gasteiger partial charge in [-0.25, -0.2) is 0 Å². The highest BCUT2D eigenvalue weighted by Crippen LogP contribution is 2.31. The lowest BCUT2D eigenvalue weighted by Gasteiger charge is -2.20. The van der Waals surface area contributed by atoms with Crippen LogP contribution in [-0.4, -0.2) is 17.3 Å². The standard InChI is InChI=1S/C24H25O2/c1-3-23(14-18(2)25)26-24-16-21(19-10-6-4-7-11-19)15-22(17-24)20-12-8-5-9-13-20/h4-13,15-16,18,23,25H,3,14H2,1-2H3. The number of benzene rings is 3. The van der Waals surface area contributed by atoms with Crippen LogP contribution in [0.1, 0.15) is 26.7 Å². The summed E-state index contributed by atoms with van der Waals surface area (Å²) < 4.78 is 6.18. The minimum absolute atomic E-state index is 0.0269. The molecule has 0 fully saturated rings. The zero-order valence-corrected chi connectivity index (χ0v) is 15.4. The molecule has 0 spiro atoms. The van der Waals surface area contributed by atoms with E-state index >= 15 is 0 Å². The summed E-state index contributed by atoms with van der Waals surface area (Å²) in [6, 6.07) is 28.1. The van der Waals surface area contributed by atoms with E-state index in [1.807, 2.05) is 42.5 Å². The van der Waals surface area contributed by atoms with E-state index in [0.717, 1.165) is 34.4 Å². The second-order valence-electron chi connectivity index (χ2n) is 6.61. The number of aliphatic hydroxyl groups is 1. The van der Waals surface area contributed by atoms with Crippen LogP contribution in [0.4, 0.5) is 0 Å². The number of aliphatic hydroxyl groups excluding tert-OH is 1. The normalized spacial score (nSPS) is 13.2. The molecule has 133 valence electrons. The smallest absolute Gasteiger partial charge is 0.128 e. The number of hydrogen-bond donors (Lipinski definition) is 1. The predicted octanol–water partition coefficient (Wildman–Crippen LogP) is 5.75. The van der Waals surface area contributed by atoms with Gasteiger partial charge in [-0.1, -0.05) is 67.6 Å². The first-order valence-corrected chi connectivity index (χ1v) is 9.18. The van der Waals surface area contributed by atoms with Gasteiger partial charge in [-0.3, -0.25) is 0 Å². The quantitative estimate of drug-likeness (QED) is 0.591. The predicted molar refractivity (Wildman–Crippen MR) is 107 cm³/mol. The monoisotopic (exact) mass is 345 g/mol. The van der Waals surface area contributed by atoms with E-state index in [4.69, 9.17) is 4.74 Å². The molecule has 0 aromatic heterocycles. The van der Waals surface area contributed by atoms with Gasteiger partial charge < -0.3 is 9.84 Å². The van der Waals surface area contributed by atoms with E-state index in [-0.39, 0.29) is 12.2 Å². The average Bonchev–Trinajstić information content (AvgIpc) is 2.68. The Labute approximate surface area is 156 Å². The summed E-state index contributed by atoms with van der Waals surface area (Å²) in [6.07, 6.45) is 1.04. The van der Waals surface area contributed by atoms with Gasteiger partial charge in [0.1, 0.15) is 11.9 Å². The van der Waals surface area contributed by atoms with Crippen LogP contribution in [-0.2, 0) is 0 Å². The highest BCUT2D eigenvalue weighted by molar-refractivity contribution is 5.74. The van der Waals surface area contributed by atoms with Gasteiger partial charge in [0.05, 0.1) is 6.10 Å². The molecule has 3 aromatic rings. The Hall–Kier alpha value is -2.58. The number of rotatable bonds is 7. The van der Waals surface area contributed by atoms with Gasteiger partial charge in [0.2, 0.25) is 0 Å². The third-order valence-electron chi connectivity index (χ3n) is 4.39. The first kappa shape index (κ1) is 18.2. The molecule has 3 rings (SSSR count). The summed E-state index contributed by atoms with van der Waals surface area (Å²) in [6.45, 7) is 3.87. The molecule has 1 radical (unpaired) electrons. The van der Waals surface area contributed by atoms with Crippen LogP contribution in [0, 0.1) is 6.07 Å². The van der Waals surface area contributed by atoms with Crippen LogP contribution < -0.4 is 4.74 Å². The molecule has 2 heteroatoms. The summed E-state index contributed by atoms with van der Waals surface area (Å²) >= 11 is 0. The lowest BCUT2D eigenvalue weighted by atomic mass is 9.98. The van der Waals surface area contributed by atoms with Crippen molar-refractivity contribution in [1.29, 1.82) is 0 Å². The Morgan fingerprint density at radius 2 is 1.50 bits per heavy atom. The molecular formula is C24H25O2. The lowest BCUT2D eigenvalue weighted by Crippen LogP contribution is -2.21. The highest BCUT2D eigenvalue weighted by atomic mass is 16.5. The molecule has 2 nitrogen and oxygen atoms in total. The van der Waals surface area contributed by atoms with E-state index < -0.39 is 0 Å². The molecule has 0 aliphatic heterocycles. The summed E-state index contributed by atoms with van der Waals surface area (Å²) in [5.74, 6) is 0.720. The van der Waals surface area contributed by atoms with Crippen molar-refractivity contribution in [1.82, 2.24) is 0 Å². The molecule has 0 saturated heterocycles. The Morgan fingerprint density at radius 1 is 0.885 bits per heavy atom. The van der Waals surface area contributed by atoms with Crippen LogP contribution in [0.25, 0.3) is 22.3 Å². The molecule has 1 N–H and O–H groups in total. The Kier molecular flexibility index (Phi) is 6.08. The molecule has 0 amide bonds. The van der Waals surface area contributed by atoms with Crippen molar-refractivity contribution in [2.75, 3.05) is 0 Å². The average molecular weight is 345 g/mol. The molecule has 0 aliphatic rings. The SMILES string of the molecule is CCC(CC(C)O)Oc1[c]c(-c2ccccc2)cc(-c2ccccc2)c1. The minimum Gasteiger partial charge on any atom is -0.490 e. The Bertz CT molecular complexity index is 752. The van der Waals surface area contributed by atoms with Crippen molar-refractivity contribution < 1.29 is 9.84 Å². The highest BCUT2D eigenvalue weighted by Gasteiger charge is 2.14. The maximum atomic E-state index is 9.71. The molecule has 26 heavy (non-hydrogen) atoms. The largest absolute Gasteiger partial charge is 0.490 e.